The Bertz CT molecular complexity index is 551. The average molecular weight is 372 g/mol. The van der Waals surface area contributed by atoms with Gasteiger partial charge in [0.1, 0.15) is 18.1 Å². The lowest BCUT2D eigenvalue weighted by Gasteiger charge is -2.28. The van der Waals surface area contributed by atoms with Crippen molar-refractivity contribution in [2.45, 2.75) is 57.8 Å². The van der Waals surface area contributed by atoms with Crippen molar-refractivity contribution in [3.8, 4) is 0 Å². The number of nitrogens with two attached hydrogens (primary N) is 1. The van der Waals surface area contributed by atoms with Gasteiger partial charge in [-0.1, -0.05) is 13.8 Å². The fourth-order valence-corrected chi connectivity index (χ4v) is 2.75. The van der Waals surface area contributed by atoms with Gasteiger partial charge in [0.2, 0.25) is 17.7 Å². The lowest BCUT2D eigenvalue weighted by atomic mass is 10.0. The first-order chi connectivity index (χ1) is 12.1. The van der Waals surface area contributed by atoms with Crippen LogP contribution in [0.5, 0.6) is 0 Å². The van der Waals surface area contributed by atoms with E-state index in [1.54, 1.807) is 13.8 Å². The van der Waals surface area contributed by atoms with Crippen LogP contribution in [0.2, 0.25) is 0 Å². The Morgan fingerprint density at radius 3 is 2.23 bits per heavy atom. The number of aliphatic hydroxyl groups excluding tert-OH is 1. The molecule has 4 unspecified atom stereocenters. The second kappa shape index (κ2) is 9.48. The zero-order chi connectivity index (χ0) is 20.0. The summed E-state index contributed by atoms with van der Waals surface area (Å²) >= 11 is 0. The summed E-state index contributed by atoms with van der Waals surface area (Å²) in [6.45, 7) is 4.46. The zero-order valence-corrected chi connectivity index (χ0v) is 15.3. The van der Waals surface area contributed by atoms with Crippen LogP contribution in [0, 0.1) is 5.92 Å². The number of carboxylic acids is 1. The van der Waals surface area contributed by atoms with E-state index in [1.165, 1.54) is 6.92 Å². The molecule has 4 atom stereocenters. The first-order valence-corrected chi connectivity index (χ1v) is 8.60. The number of aliphatic hydroxyl groups is 1. The van der Waals surface area contributed by atoms with E-state index in [0.29, 0.717) is 12.8 Å². The third-order valence-corrected chi connectivity index (χ3v) is 4.28. The molecule has 10 nitrogen and oxygen atoms in total. The molecule has 1 aliphatic rings. The van der Waals surface area contributed by atoms with Crippen LogP contribution >= 0.6 is 0 Å². The summed E-state index contributed by atoms with van der Waals surface area (Å²) in [5.41, 5.74) is 5.49. The molecule has 1 saturated heterocycles. The van der Waals surface area contributed by atoms with Crippen LogP contribution in [0.15, 0.2) is 0 Å². The Balaban J connectivity index is 2.83. The topological polar surface area (TPSA) is 162 Å². The molecule has 1 rings (SSSR count). The molecule has 0 radical (unpaired) electrons. The van der Waals surface area contributed by atoms with Crippen LogP contribution in [0.4, 0.5) is 0 Å². The number of aliphatic carboxylic acids is 1. The Morgan fingerprint density at radius 2 is 1.77 bits per heavy atom. The molecule has 6 N–H and O–H groups in total. The molecule has 0 saturated carbocycles. The molecular weight excluding hydrogens is 344 g/mol. The van der Waals surface area contributed by atoms with Crippen molar-refractivity contribution in [3.05, 3.63) is 0 Å². The standard InChI is InChI=1S/C16H28N4O6/c1-8(2)12(19-13(22)9(3)17)14(23)18-10(7-21)15(24)20-6-4-5-11(20)16(25)26/h8-12,21H,4-7,17H2,1-3H3,(H,18,23)(H,19,22)(H,25,26). The van der Waals surface area contributed by atoms with Crippen molar-refractivity contribution in [2.75, 3.05) is 13.2 Å². The molecule has 26 heavy (non-hydrogen) atoms. The fourth-order valence-electron chi connectivity index (χ4n) is 2.75. The minimum Gasteiger partial charge on any atom is -0.480 e. The minimum atomic E-state index is -1.28. The van der Waals surface area contributed by atoms with Gasteiger partial charge >= 0.3 is 5.97 Å². The van der Waals surface area contributed by atoms with Gasteiger partial charge in [0.25, 0.3) is 0 Å². The molecule has 0 aromatic carbocycles. The fraction of sp³-hybridized carbons (Fsp3) is 0.750. The van der Waals surface area contributed by atoms with Gasteiger partial charge in [0.15, 0.2) is 0 Å². The molecule has 0 spiro atoms. The quantitative estimate of drug-likeness (QED) is 0.330. The number of hydrogen-bond donors (Lipinski definition) is 5. The van der Waals surface area contributed by atoms with Crippen molar-refractivity contribution in [1.29, 1.82) is 0 Å². The summed E-state index contributed by atoms with van der Waals surface area (Å²) in [5.74, 6) is -3.23. The van der Waals surface area contributed by atoms with Crippen LogP contribution in [-0.2, 0) is 19.2 Å². The van der Waals surface area contributed by atoms with E-state index in [-0.39, 0.29) is 12.5 Å². The summed E-state index contributed by atoms with van der Waals surface area (Å²) in [5, 5.41) is 23.6. The largest absolute Gasteiger partial charge is 0.480 e. The van der Waals surface area contributed by atoms with Gasteiger partial charge in [-0.2, -0.15) is 0 Å². The Labute approximate surface area is 152 Å². The van der Waals surface area contributed by atoms with Gasteiger partial charge in [-0.3, -0.25) is 14.4 Å². The maximum Gasteiger partial charge on any atom is 0.326 e. The monoisotopic (exact) mass is 372 g/mol. The molecule has 1 fully saturated rings. The first kappa shape index (κ1) is 21.8. The molecule has 0 bridgehead atoms. The maximum absolute atomic E-state index is 12.5. The van der Waals surface area contributed by atoms with Crippen molar-refractivity contribution in [3.63, 3.8) is 0 Å². The Hall–Kier alpha value is -2.20. The van der Waals surface area contributed by atoms with E-state index in [1.807, 2.05) is 0 Å². The number of carbonyl (C=O) groups excluding carboxylic acids is 3. The van der Waals surface area contributed by atoms with Gasteiger partial charge < -0.3 is 31.5 Å². The smallest absolute Gasteiger partial charge is 0.326 e. The van der Waals surface area contributed by atoms with Crippen molar-refractivity contribution >= 4 is 23.7 Å². The van der Waals surface area contributed by atoms with Crippen LogP contribution in [0.3, 0.4) is 0 Å². The van der Waals surface area contributed by atoms with Crippen molar-refractivity contribution in [1.82, 2.24) is 15.5 Å². The van der Waals surface area contributed by atoms with Crippen LogP contribution in [-0.4, -0.2) is 76.1 Å². The van der Waals surface area contributed by atoms with Crippen LogP contribution in [0.1, 0.15) is 33.6 Å². The first-order valence-electron chi connectivity index (χ1n) is 8.60. The highest BCUT2D eigenvalue weighted by atomic mass is 16.4. The van der Waals surface area contributed by atoms with E-state index < -0.39 is 54.5 Å². The summed E-state index contributed by atoms with van der Waals surface area (Å²) in [6.07, 6.45) is 0.861. The number of hydrogen-bond acceptors (Lipinski definition) is 6. The van der Waals surface area contributed by atoms with E-state index in [9.17, 15) is 29.4 Å². The number of carbonyl (C=O) groups is 4. The molecule has 1 aliphatic heterocycles. The molecule has 10 heteroatoms. The zero-order valence-electron chi connectivity index (χ0n) is 15.3. The second-order valence-corrected chi connectivity index (χ2v) is 6.79. The number of nitrogens with zero attached hydrogens (tertiary/aromatic N) is 1. The van der Waals surface area contributed by atoms with Gasteiger partial charge in [-0.25, -0.2) is 4.79 Å². The molecule has 0 aliphatic carbocycles. The third-order valence-electron chi connectivity index (χ3n) is 4.28. The van der Waals surface area contributed by atoms with Gasteiger partial charge in [-0.05, 0) is 25.7 Å². The molecule has 148 valence electrons. The highest BCUT2D eigenvalue weighted by molar-refractivity contribution is 5.94. The summed E-state index contributed by atoms with van der Waals surface area (Å²) in [4.78, 5) is 49.2. The van der Waals surface area contributed by atoms with Crippen molar-refractivity contribution < 1.29 is 29.4 Å². The Morgan fingerprint density at radius 1 is 1.15 bits per heavy atom. The maximum atomic E-state index is 12.5. The Kier molecular flexibility index (Phi) is 7.97. The predicted octanol–water partition coefficient (Wildman–Crippen LogP) is -1.97. The van der Waals surface area contributed by atoms with Gasteiger partial charge in [0, 0.05) is 6.54 Å². The predicted molar refractivity (Wildman–Crippen MR) is 91.8 cm³/mol. The van der Waals surface area contributed by atoms with Crippen LogP contribution in [0.25, 0.3) is 0 Å². The van der Waals surface area contributed by atoms with E-state index >= 15 is 0 Å². The van der Waals surface area contributed by atoms with Gasteiger partial charge in [-0.15, -0.1) is 0 Å². The molecule has 3 amide bonds. The van der Waals surface area contributed by atoms with Crippen LogP contribution < -0.4 is 16.4 Å². The van der Waals surface area contributed by atoms with Crippen molar-refractivity contribution in [2.24, 2.45) is 11.7 Å². The number of nitrogens with one attached hydrogen (secondary N) is 2. The number of rotatable bonds is 8. The lowest BCUT2D eigenvalue weighted by molar-refractivity contribution is -0.150. The normalized spacial score (nSPS) is 20.4. The lowest BCUT2D eigenvalue weighted by Crippen LogP contribution is -2.59. The number of carboxylic acid groups (broad SMARTS) is 1. The van der Waals surface area contributed by atoms with E-state index in [2.05, 4.69) is 10.6 Å². The molecular formula is C16H28N4O6. The van der Waals surface area contributed by atoms with E-state index in [0.717, 1.165) is 4.90 Å². The highest BCUT2D eigenvalue weighted by Crippen LogP contribution is 2.18. The summed E-state index contributed by atoms with van der Waals surface area (Å²) < 4.78 is 0. The highest BCUT2D eigenvalue weighted by Gasteiger charge is 2.38. The molecule has 0 aromatic heterocycles. The SMILES string of the molecule is CC(N)C(=O)NC(C(=O)NC(CO)C(=O)N1CCCC1C(=O)O)C(C)C. The average Bonchev–Trinajstić information content (AvgIpc) is 3.05. The molecule has 0 aromatic rings. The van der Waals surface area contributed by atoms with Gasteiger partial charge in [0.05, 0.1) is 12.6 Å². The summed E-state index contributed by atoms with van der Waals surface area (Å²) in [6, 6.07) is -3.99. The number of amides is 3. The van der Waals surface area contributed by atoms with E-state index in [4.69, 9.17) is 5.73 Å². The summed E-state index contributed by atoms with van der Waals surface area (Å²) in [7, 11) is 0. The molecule has 1 heterocycles. The number of likely N-dealkylation sites (tertiary alicyclic amines) is 1. The second-order valence-electron chi connectivity index (χ2n) is 6.79. The minimum absolute atomic E-state index is 0.247. The third kappa shape index (κ3) is 5.40.